The number of hydrogen-bond donors (Lipinski definition) is 2. The zero-order valence-electron chi connectivity index (χ0n) is 13.2. The van der Waals surface area contributed by atoms with Gasteiger partial charge < -0.3 is 15.6 Å². The third-order valence-corrected chi connectivity index (χ3v) is 2.40. The van der Waals surface area contributed by atoms with Gasteiger partial charge in [0.15, 0.2) is 5.75 Å². The van der Waals surface area contributed by atoms with Gasteiger partial charge in [0.1, 0.15) is 11.3 Å². The summed E-state index contributed by atoms with van der Waals surface area (Å²) in [6, 6.07) is 1.56. The monoisotopic (exact) mass is 303 g/mol. The van der Waals surface area contributed by atoms with Gasteiger partial charge in [-0.3, -0.25) is 4.79 Å². The maximum absolute atomic E-state index is 11.1. The standard InChI is InChI=1S/C10H12ClNO3.C3H8.C2H6/c1-3-5-4-6(11)9(15-2)7(8(5)13)10(12)14;1-3-2;1-2/h4,13H,3H2,1-2H3,(H2,12,14);3H2,1-2H3;1-2H3. The molecule has 0 aromatic heterocycles. The Labute approximate surface area is 126 Å². The average Bonchev–Trinajstić information content (AvgIpc) is 2.43. The third kappa shape index (κ3) is 5.70. The second-order valence-electron chi connectivity index (χ2n) is 3.70. The van der Waals surface area contributed by atoms with Gasteiger partial charge in [-0.1, -0.05) is 52.6 Å². The molecule has 0 saturated heterocycles. The summed E-state index contributed by atoms with van der Waals surface area (Å²) in [5.74, 6) is -0.813. The van der Waals surface area contributed by atoms with Gasteiger partial charge in [-0.05, 0) is 18.1 Å². The molecule has 0 spiro atoms. The fraction of sp³-hybridized carbons (Fsp3) is 0.533. The van der Waals surface area contributed by atoms with Gasteiger partial charge in [0.2, 0.25) is 0 Å². The van der Waals surface area contributed by atoms with E-state index in [1.807, 2.05) is 20.8 Å². The van der Waals surface area contributed by atoms with Crippen LogP contribution in [0.1, 0.15) is 57.0 Å². The molecule has 0 radical (unpaired) electrons. The lowest BCUT2D eigenvalue weighted by Gasteiger charge is -2.12. The smallest absolute Gasteiger partial charge is 0.256 e. The summed E-state index contributed by atoms with van der Waals surface area (Å²) >= 11 is 5.89. The molecule has 5 heteroatoms. The van der Waals surface area contributed by atoms with Crippen molar-refractivity contribution in [3.05, 3.63) is 22.2 Å². The van der Waals surface area contributed by atoms with E-state index < -0.39 is 5.91 Å². The topological polar surface area (TPSA) is 72.5 Å². The average molecular weight is 304 g/mol. The highest BCUT2D eigenvalue weighted by molar-refractivity contribution is 6.33. The molecule has 1 aromatic carbocycles. The molecular weight excluding hydrogens is 278 g/mol. The number of halogens is 1. The zero-order valence-corrected chi connectivity index (χ0v) is 14.0. The van der Waals surface area contributed by atoms with Gasteiger partial charge in [0, 0.05) is 0 Å². The molecule has 0 heterocycles. The van der Waals surface area contributed by atoms with Crippen molar-refractivity contribution in [1.29, 1.82) is 0 Å². The lowest BCUT2D eigenvalue weighted by Crippen LogP contribution is -2.13. The van der Waals surface area contributed by atoms with E-state index >= 15 is 0 Å². The number of primary amides is 1. The summed E-state index contributed by atoms with van der Waals surface area (Å²) in [7, 11) is 1.36. The highest BCUT2D eigenvalue weighted by Crippen LogP contribution is 2.37. The minimum absolute atomic E-state index is 0.0677. The van der Waals surface area contributed by atoms with Crippen LogP contribution in [0.4, 0.5) is 0 Å². The number of benzene rings is 1. The maximum atomic E-state index is 11.1. The minimum atomic E-state index is -0.762. The Balaban J connectivity index is 0. The summed E-state index contributed by atoms with van der Waals surface area (Å²) in [6.45, 7) is 10.1. The predicted octanol–water partition coefficient (Wildman–Crippen LogP) is 4.16. The first-order valence-electron chi connectivity index (χ1n) is 6.82. The van der Waals surface area contributed by atoms with Crippen LogP contribution >= 0.6 is 11.6 Å². The molecule has 1 aromatic rings. The van der Waals surface area contributed by atoms with Crippen molar-refractivity contribution >= 4 is 17.5 Å². The maximum Gasteiger partial charge on any atom is 0.256 e. The number of nitrogens with two attached hydrogens (primary N) is 1. The molecule has 4 nitrogen and oxygen atoms in total. The number of amides is 1. The number of aryl methyl sites for hydroxylation is 1. The fourth-order valence-corrected chi connectivity index (χ4v) is 1.68. The Hall–Kier alpha value is -1.42. The van der Waals surface area contributed by atoms with Gasteiger partial charge in [0.05, 0.1) is 12.1 Å². The first-order valence-corrected chi connectivity index (χ1v) is 7.20. The van der Waals surface area contributed by atoms with Crippen LogP contribution in [0.2, 0.25) is 5.02 Å². The van der Waals surface area contributed by atoms with Gasteiger partial charge in [-0.2, -0.15) is 0 Å². The second-order valence-corrected chi connectivity index (χ2v) is 4.11. The van der Waals surface area contributed by atoms with E-state index in [4.69, 9.17) is 22.1 Å². The van der Waals surface area contributed by atoms with Crippen LogP contribution in [0, 0.1) is 0 Å². The molecule has 3 N–H and O–H groups in total. The molecule has 0 aliphatic heterocycles. The summed E-state index contributed by atoms with van der Waals surface area (Å²) in [5.41, 5.74) is 5.64. The predicted molar refractivity (Wildman–Crippen MR) is 84.9 cm³/mol. The number of ether oxygens (including phenoxy) is 1. The highest BCUT2D eigenvalue weighted by atomic mass is 35.5. The van der Waals surface area contributed by atoms with Gasteiger partial charge in [-0.25, -0.2) is 0 Å². The van der Waals surface area contributed by atoms with Crippen molar-refractivity contribution in [2.75, 3.05) is 7.11 Å². The molecule has 1 rings (SSSR count). The van der Waals surface area contributed by atoms with Crippen LogP contribution in [0.15, 0.2) is 6.07 Å². The van der Waals surface area contributed by atoms with Crippen molar-refractivity contribution in [1.82, 2.24) is 0 Å². The summed E-state index contributed by atoms with van der Waals surface area (Å²) in [4.78, 5) is 11.1. The van der Waals surface area contributed by atoms with Crippen LogP contribution < -0.4 is 10.5 Å². The van der Waals surface area contributed by atoms with Crippen molar-refractivity contribution in [3.63, 3.8) is 0 Å². The van der Waals surface area contributed by atoms with E-state index in [-0.39, 0.29) is 22.1 Å². The van der Waals surface area contributed by atoms with E-state index in [2.05, 4.69) is 13.8 Å². The van der Waals surface area contributed by atoms with Crippen molar-refractivity contribution in [3.8, 4) is 11.5 Å². The van der Waals surface area contributed by atoms with Crippen molar-refractivity contribution < 1.29 is 14.6 Å². The minimum Gasteiger partial charge on any atom is -0.507 e. The number of hydrogen-bond acceptors (Lipinski definition) is 3. The SMILES string of the molecule is CC.CCC.CCc1cc(Cl)c(OC)c(C(N)=O)c1O. The molecule has 116 valence electrons. The first-order chi connectivity index (χ1) is 9.44. The quantitative estimate of drug-likeness (QED) is 0.880. The summed E-state index contributed by atoms with van der Waals surface area (Å²) in [6.07, 6.45) is 1.80. The van der Waals surface area contributed by atoms with Gasteiger partial charge in [0.25, 0.3) is 5.91 Å². The van der Waals surface area contributed by atoms with Crippen LogP contribution in [0.3, 0.4) is 0 Å². The fourth-order valence-electron chi connectivity index (χ4n) is 1.37. The van der Waals surface area contributed by atoms with E-state index in [1.165, 1.54) is 13.5 Å². The highest BCUT2D eigenvalue weighted by Gasteiger charge is 2.20. The number of carbonyl (C=O) groups excluding carboxylic acids is 1. The van der Waals surface area contributed by atoms with Crippen molar-refractivity contribution in [2.24, 2.45) is 5.73 Å². The number of phenols is 1. The van der Waals surface area contributed by atoms with E-state index in [0.717, 1.165) is 0 Å². The second kappa shape index (κ2) is 11.4. The van der Waals surface area contributed by atoms with Crippen molar-refractivity contribution in [2.45, 2.75) is 47.5 Å². The Bertz CT molecular complexity index is 420. The zero-order chi connectivity index (χ0) is 16.3. The third-order valence-electron chi connectivity index (χ3n) is 2.12. The Morgan fingerprint density at radius 3 is 2.10 bits per heavy atom. The lowest BCUT2D eigenvalue weighted by atomic mass is 10.0. The molecular formula is C15H26ClNO3. The number of rotatable bonds is 3. The Morgan fingerprint density at radius 1 is 1.35 bits per heavy atom. The number of carbonyl (C=O) groups is 1. The molecule has 0 atom stereocenters. The van der Waals surface area contributed by atoms with Crippen LogP contribution in [-0.4, -0.2) is 18.1 Å². The van der Waals surface area contributed by atoms with E-state index in [9.17, 15) is 9.90 Å². The summed E-state index contributed by atoms with van der Waals surface area (Å²) in [5, 5.41) is 10.0. The van der Waals surface area contributed by atoms with Gasteiger partial charge in [-0.15, -0.1) is 0 Å². The molecule has 0 fully saturated rings. The molecule has 1 amide bonds. The summed E-state index contributed by atoms with van der Waals surface area (Å²) < 4.78 is 4.92. The van der Waals surface area contributed by atoms with Crippen LogP contribution in [0.25, 0.3) is 0 Å². The molecule has 0 bridgehead atoms. The molecule has 0 unspecified atom stereocenters. The normalized spacial score (nSPS) is 8.75. The van der Waals surface area contributed by atoms with E-state index in [1.54, 1.807) is 6.07 Å². The van der Waals surface area contributed by atoms with Crippen LogP contribution in [0.5, 0.6) is 11.5 Å². The Morgan fingerprint density at radius 2 is 1.80 bits per heavy atom. The van der Waals surface area contributed by atoms with E-state index in [0.29, 0.717) is 12.0 Å². The molecule has 0 aliphatic rings. The molecule has 20 heavy (non-hydrogen) atoms. The van der Waals surface area contributed by atoms with Gasteiger partial charge >= 0.3 is 0 Å². The largest absolute Gasteiger partial charge is 0.507 e. The molecule has 0 aliphatic carbocycles. The first kappa shape index (κ1) is 20.9. The number of aromatic hydroxyl groups is 1. The number of methoxy groups -OCH3 is 1. The Kier molecular flexibility index (Phi) is 11.9. The molecule has 0 saturated carbocycles. The van der Waals surface area contributed by atoms with Crippen LogP contribution in [-0.2, 0) is 6.42 Å². The lowest BCUT2D eigenvalue weighted by molar-refractivity contribution is 0.0994.